The van der Waals surface area contributed by atoms with E-state index >= 15 is 0 Å². The Bertz CT molecular complexity index is 1750. The number of carbonyl (C=O) groups excluding carboxylic acids is 3. The van der Waals surface area contributed by atoms with Crippen LogP contribution in [-0.4, -0.2) is 83.6 Å². The number of cyclic esters (lactones) is 1. The number of nitrogens with zero attached hydrogens (tertiary/aromatic N) is 3. The van der Waals surface area contributed by atoms with E-state index in [0.29, 0.717) is 52.5 Å². The molecule has 0 unspecified atom stereocenters. The van der Waals surface area contributed by atoms with Crippen molar-refractivity contribution in [3.05, 3.63) is 52.1 Å². The van der Waals surface area contributed by atoms with Crippen molar-refractivity contribution in [1.82, 2.24) is 9.80 Å². The van der Waals surface area contributed by atoms with Crippen LogP contribution in [0.15, 0.2) is 18.7 Å². The molecule has 46 heavy (non-hydrogen) atoms. The molecule has 0 radical (unpaired) electrons. The van der Waals surface area contributed by atoms with E-state index in [0.717, 1.165) is 11.1 Å². The van der Waals surface area contributed by atoms with Crippen molar-refractivity contribution in [3.63, 3.8) is 0 Å². The number of ether oxygens (including phenoxy) is 5. The van der Waals surface area contributed by atoms with E-state index in [1.807, 2.05) is 13.0 Å². The summed E-state index contributed by atoms with van der Waals surface area (Å²) in [4.78, 5) is 42.6. The number of Topliss-reactive ketones (excluding diaryl/α,β-unsaturated/α-hetero) is 1. The number of aryl methyl sites for hydroxylation is 1. The molecule has 1 N–H and O–H groups in total. The molecule has 0 aliphatic carbocycles. The minimum Gasteiger partial charge on any atom is -0.504 e. The first-order chi connectivity index (χ1) is 22.1. The number of rotatable bonds is 4. The highest BCUT2D eigenvalue weighted by Crippen LogP contribution is 2.64. The average molecular weight is 648 g/mol. The molecule has 2 fully saturated rings. The first kappa shape index (κ1) is 30.4. The van der Waals surface area contributed by atoms with E-state index in [1.54, 1.807) is 13.0 Å². The zero-order valence-electron chi connectivity index (χ0n) is 25.8. The minimum atomic E-state index is -0.957. The second-order valence-corrected chi connectivity index (χ2v) is 13.2. The fourth-order valence-electron chi connectivity index (χ4n) is 8.14. The van der Waals surface area contributed by atoms with Gasteiger partial charge >= 0.3 is 11.9 Å². The third kappa shape index (κ3) is 4.23. The van der Waals surface area contributed by atoms with Crippen molar-refractivity contribution in [3.8, 4) is 34.8 Å². The Morgan fingerprint density at radius 2 is 1.96 bits per heavy atom. The van der Waals surface area contributed by atoms with E-state index < -0.39 is 47.1 Å². The Hall–Kier alpha value is -4.25. The second-order valence-electron chi connectivity index (χ2n) is 12.1. The quantitative estimate of drug-likeness (QED) is 0.224. The van der Waals surface area contributed by atoms with Crippen LogP contribution in [0.1, 0.15) is 57.6 Å². The number of esters is 2. The lowest BCUT2D eigenvalue weighted by Crippen LogP contribution is -2.70. The lowest BCUT2D eigenvalue weighted by Gasteiger charge is -2.62. The van der Waals surface area contributed by atoms with Crippen LogP contribution in [0.2, 0.25) is 0 Å². The Labute approximate surface area is 269 Å². The third-order valence-corrected chi connectivity index (χ3v) is 11.0. The fraction of sp³-hybridized carbons (Fsp3) is 0.455. The SMILES string of the molecule is C=CCN1[C@@H]2c3c(cc(C)c(OC)c3O)C[C@H]1[C@H](C#N)N1[C@H]2[C@@H]2SCC(=O)C(=O)OC[C@H]1c1c3c(c(C)c(OC(C)=O)c12)OCO3. The number of carbonyl (C=O) groups is 3. The lowest BCUT2D eigenvalue weighted by atomic mass is 9.71. The number of ketones is 1. The maximum Gasteiger partial charge on any atom is 0.375 e. The van der Waals surface area contributed by atoms with Crippen LogP contribution in [0, 0.1) is 25.2 Å². The zero-order chi connectivity index (χ0) is 32.6. The Morgan fingerprint density at radius 1 is 1.20 bits per heavy atom. The molecule has 6 atom stereocenters. The summed E-state index contributed by atoms with van der Waals surface area (Å²) >= 11 is 1.21. The van der Waals surface area contributed by atoms with Gasteiger partial charge in [0.2, 0.25) is 12.6 Å². The highest BCUT2D eigenvalue weighted by molar-refractivity contribution is 8.00. The molecule has 4 bridgehead atoms. The number of piperazine rings is 1. The molecule has 2 saturated heterocycles. The number of nitriles is 1. The van der Waals surface area contributed by atoms with Gasteiger partial charge in [-0.1, -0.05) is 12.1 Å². The molecule has 0 amide bonds. The summed E-state index contributed by atoms with van der Waals surface area (Å²) < 4.78 is 29.2. The first-order valence-corrected chi connectivity index (χ1v) is 16.1. The summed E-state index contributed by atoms with van der Waals surface area (Å²) in [5.74, 6) is -0.956. The highest BCUT2D eigenvalue weighted by Gasteiger charge is 2.61. The fourth-order valence-corrected chi connectivity index (χ4v) is 9.48. The summed E-state index contributed by atoms with van der Waals surface area (Å²) in [5.41, 5.74) is 4.08. The van der Waals surface area contributed by atoms with Gasteiger partial charge in [-0.25, -0.2) is 4.79 Å². The number of phenols is 1. The van der Waals surface area contributed by atoms with Gasteiger partial charge in [-0.2, -0.15) is 5.26 Å². The largest absolute Gasteiger partial charge is 0.504 e. The summed E-state index contributed by atoms with van der Waals surface area (Å²) in [6.45, 7) is 9.04. The van der Waals surface area contributed by atoms with Gasteiger partial charge < -0.3 is 28.8 Å². The number of methoxy groups -OCH3 is 1. The average Bonchev–Trinajstić information content (AvgIpc) is 3.51. The number of aromatic hydroxyl groups is 1. The van der Waals surface area contributed by atoms with Gasteiger partial charge in [0.15, 0.2) is 23.0 Å². The van der Waals surface area contributed by atoms with Gasteiger partial charge in [0.1, 0.15) is 18.4 Å². The maximum absolute atomic E-state index is 13.0. The number of hydrogen-bond donors (Lipinski definition) is 1. The van der Waals surface area contributed by atoms with Crippen LogP contribution in [0.4, 0.5) is 0 Å². The zero-order valence-corrected chi connectivity index (χ0v) is 26.6. The molecule has 5 aliphatic heterocycles. The molecular weight excluding hydrogens is 614 g/mol. The maximum atomic E-state index is 13.0. The standard InChI is InChI=1S/C33H33N3O9S/c1-6-7-35-18-9-17-8-14(2)28(41-5)27(39)22(17)25(35)26-32-24-23(31-30(43-13-44-31)15(3)29(24)45-16(4)37)20(36(26)19(18)10-34)11-42-33(40)21(38)12-46-32/h6,8,18-20,25-26,32,39H,1,7,9,11-13H2,2-5H3/t18-,19-,20-,25+,26+,32+/m0/s1. The molecule has 7 rings (SSSR count). The van der Waals surface area contributed by atoms with E-state index in [4.69, 9.17) is 23.7 Å². The number of thioether (sulfide) groups is 1. The Morgan fingerprint density at radius 3 is 2.65 bits per heavy atom. The molecule has 12 nitrogen and oxygen atoms in total. The number of phenolic OH excluding ortho intramolecular Hbond substituents is 1. The molecule has 13 heteroatoms. The molecule has 0 spiro atoms. The van der Waals surface area contributed by atoms with Crippen LogP contribution < -0.4 is 18.9 Å². The Kier molecular flexibility index (Phi) is 7.42. The van der Waals surface area contributed by atoms with Gasteiger partial charge in [0.25, 0.3) is 0 Å². The van der Waals surface area contributed by atoms with Gasteiger partial charge in [-0.05, 0) is 31.4 Å². The topological polar surface area (TPSA) is 148 Å². The monoisotopic (exact) mass is 647 g/mol. The van der Waals surface area contributed by atoms with Crippen molar-refractivity contribution in [1.29, 1.82) is 5.26 Å². The van der Waals surface area contributed by atoms with Crippen LogP contribution in [-0.2, 0) is 25.5 Å². The molecular formula is C33H33N3O9S. The van der Waals surface area contributed by atoms with Crippen LogP contribution in [0.25, 0.3) is 0 Å². The molecule has 240 valence electrons. The van der Waals surface area contributed by atoms with Crippen molar-refractivity contribution >= 4 is 29.5 Å². The number of fused-ring (bicyclic) bond motifs is 9. The van der Waals surface area contributed by atoms with E-state index in [9.17, 15) is 24.8 Å². The van der Waals surface area contributed by atoms with E-state index in [2.05, 4.69) is 22.4 Å². The van der Waals surface area contributed by atoms with Crippen molar-refractivity contribution in [2.45, 2.75) is 62.7 Å². The molecule has 0 saturated carbocycles. The van der Waals surface area contributed by atoms with Crippen LogP contribution in [0.3, 0.4) is 0 Å². The first-order valence-electron chi connectivity index (χ1n) is 15.0. The summed E-state index contributed by atoms with van der Waals surface area (Å²) in [5, 5.41) is 22.1. The van der Waals surface area contributed by atoms with Gasteiger partial charge in [0.05, 0.1) is 36.3 Å². The van der Waals surface area contributed by atoms with Gasteiger partial charge in [0, 0.05) is 47.8 Å². The highest BCUT2D eigenvalue weighted by atomic mass is 32.2. The molecule has 2 aromatic carbocycles. The van der Waals surface area contributed by atoms with Crippen molar-refractivity contribution < 1.29 is 43.2 Å². The van der Waals surface area contributed by atoms with Crippen LogP contribution in [0.5, 0.6) is 28.7 Å². The second kappa shape index (κ2) is 11.2. The third-order valence-electron chi connectivity index (χ3n) is 9.70. The van der Waals surface area contributed by atoms with Crippen molar-refractivity contribution in [2.24, 2.45) is 0 Å². The van der Waals surface area contributed by atoms with E-state index in [-0.39, 0.29) is 36.7 Å². The van der Waals surface area contributed by atoms with Gasteiger partial charge in [-0.3, -0.25) is 19.4 Å². The van der Waals surface area contributed by atoms with Crippen molar-refractivity contribution in [2.75, 3.05) is 32.8 Å². The van der Waals surface area contributed by atoms with Crippen LogP contribution >= 0.6 is 11.8 Å². The molecule has 0 aromatic heterocycles. The Balaban J connectivity index is 1.58. The smallest absolute Gasteiger partial charge is 0.375 e. The summed E-state index contributed by atoms with van der Waals surface area (Å²) in [7, 11) is 1.51. The molecule has 5 heterocycles. The normalized spacial score (nSPS) is 27.9. The molecule has 2 aromatic rings. The molecule has 5 aliphatic rings. The summed E-state index contributed by atoms with van der Waals surface area (Å²) in [6, 6.07) is 1.62. The lowest BCUT2D eigenvalue weighted by molar-refractivity contribution is -0.157. The summed E-state index contributed by atoms with van der Waals surface area (Å²) in [6.07, 6.45) is 2.23. The van der Waals surface area contributed by atoms with Gasteiger partial charge in [-0.15, -0.1) is 18.3 Å². The predicted octanol–water partition coefficient (Wildman–Crippen LogP) is 3.36. The predicted molar refractivity (Wildman–Crippen MR) is 164 cm³/mol. The van der Waals surface area contributed by atoms with E-state index in [1.165, 1.54) is 25.8 Å². The minimum absolute atomic E-state index is 0.00754. The number of hydrogen-bond acceptors (Lipinski definition) is 13. The number of benzene rings is 2.